The summed E-state index contributed by atoms with van der Waals surface area (Å²) in [5.74, 6) is -0.635. The number of hydrogen-bond donors (Lipinski definition) is 3. The van der Waals surface area contributed by atoms with Crippen LogP contribution in [0.15, 0.2) is 90.9 Å². The van der Waals surface area contributed by atoms with E-state index in [1.807, 2.05) is 0 Å². The summed E-state index contributed by atoms with van der Waals surface area (Å²) in [5.41, 5.74) is 2.15. The lowest BCUT2D eigenvalue weighted by Crippen LogP contribution is -2.03. The molecule has 0 aromatic heterocycles. The summed E-state index contributed by atoms with van der Waals surface area (Å²) >= 11 is 0. The van der Waals surface area contributed by atoms with Gasteiger partial charge in [-0.25, -0.2) is 16.8 Å². The van der Waals surface area contributed by atoms with Gasteiger partial charge in [0, 0.05) is 17.8 Å². The molecule has 4 aromatic rings. The third kappa shape index (κ3) is 6.05. The van der Waals surface area contributed by atoms with E-state index in [-0.39, 0.29) is 44.2 Å². The Morgan fingerprint density at radius 1 is 0.683 bits per heavy atom. The first-order valence-electron chi connectivity index (χ1n) is 12.6. The van der Waals surface area contributed by atoms with Crippen molar-refractivity contribution in [3.05, 3.63) is 66.2 Å². The Labute approximate surface area is 238 Å². The SMILES string of the molecule is CCS(=O)(=O)c1ccc(C)c(N=Nc2c(NC)ccc3c(O)c(N=Nc4cc(S(=O)(=O)CC)ccc4O)ccc23)c1. The molecule has 3 N–H and O–H groups in total. The van der Waals surface area contributed by atoms with E-state index in [9.17, 15) is 27.0 Å². The van der Waals surface area contributed by atoms with E-state index in [1.165, 1.54) is 43.3 Å². The van der Waals surface area contributed by atoms with Crippen LogP contribution in [-0.2, 0) is 19.7 Å². The standard InChI is InChI=1S/C28H29N5O6S2/c1-5-40(36,37)18-8-7-17(3)24(15-18)31-33-27-20-10-13-23(28(35)21(20)11-12-22(27)29-4)30-32-25-16-19(9-14-26(25)34)41(38,39)6-2/h7-16,29,34-35H,5-6H2,1-4H3. The van der Waals surface area contributed by atoms with Gasteiger partial charge in [-0.2, -0.15) is 5.11 Å². The van der Waals surface area contributed by atoms with Crippen molar-refractivity contribution in [3.8, 4) is 11.5 Å². The number of sulfone groups is 2. The summed E-state index contributed by atoms with van der Waals surface area (Å²) in [4.78, 5) is 0.153. The highest BCUT2D eigenvalue weighted by atomic mass is 32.2. The number of phenolic OH excluding ortho intramolecular Hbond substituents is 2. The van der Waals surface area contributed by atoms with Gasteiger partial charge in [-0.1, -0.05) is 19.9 Å². The minimum absolute atomic E-state index is 0.00264. The van der Waals surface area contributed by atoms with Crippen molar-refractivity contribution in [2.45, 2.75) is 30.6 Å². The molecule has 0 bridgehead atoms. The number of aromatic hydroxyl groups is 2. The van der Waals surface area contributed by atoms with E-state index < -0.39 is 19.7 Å². The first kappa shape index (κ1) is 29.6. The van der Waals surface area contributed by atoms with E-state index in [0.717, 1.165) is 5.56 Å². The van der Waals surface area contributed by atoms with Gasteiger partial charge in [-0.15, -0.1) is 15.3 Å². The minimum atomic E-state index is -3.53. The van der Waals surface area contributed by atoms with Gasteiger partial charge in [0.05, 0.1) is 32.7 Å². The Kier molecular flexibility index (Phi) is 8.40. The van der Waals surface area contributed by atoms with Gasteiger partial charge in [0.15, 0.2) is 25.4 Å². The topological polar surface area (TPSA) is 170 Å². The van der Waals surface area contributed by atoms with Crippen molar-refractivity contribution in [2.75, 3.05) is 23.9 Å². The number of aryl methyl sites for hydroxylation is 1. The Bertz CT molecular complexity index is 1920. The molecular formula is C28H29N5O6S2. The molecule has 0 aliphatic rings. The summed E-state index contributed by atoms with van der Waals surface area (Å²) in [6, 6.07) is 15.0. The molecule has 13 heteroatoms. The summed E-state index contributed by atoms with van der Waals surface area (Å²) in [6.07, 6.45) is 0. The molecular weight excluding hydrogens is 566 g/mol. The van der Waals surface area contributed by atoms with Gasteiger partial charge >= 0.3 is 0 Å². The molecule has 0 unspecified atom stereocenters. The number of anilines is 1. The van der Waals surface area contributed by atoms with Crippen LogP contribution in [-0.4, -0.2) is 45.6 Å². The van der Waals surface area contributed by atoms with Crippen molar-refractivity contribution in [3.63, 3.8) is 0 Å². The number of hydrogen-bond acceptors (Lipinski definition) is 11. The predicted molar refractivity (Wildman–Crippen MR) is 158 cm³/mol. The van der Waals surface area contributed by atoms with Gasteiger partial charge in [0.2, 0.25) is 0 Å². The van der Waals surface area contributed by atoms with E-state index in [1.54, 1.807) is 45.2 Å². The number of phenols is 2. The zero-order valence-corrected chi connectivity index (χ0v) is 24.5. The third-order valence-electron chi connectivity index (χ3n) is 6.52. The number of benzene rings is 4. The van der Waals surface area contributed by atoms with Crippen LogP contribution in [0, 0.1) is 6.92 Å². The number of azo groups is 2. The second-order valence-corrected chi connectivity index (χ2v) is 13.6. The van der Waals surface area contributed by atoms with E-state index in [0.29, 0.717) is 27.8 Å². The molecule has 0 radical (unpaired) electrons. The highest BCUT2D eigenvalue weighted by molar-refractivity contribution is 7.91. The Hall–Kier alpha value is -4.36. The molecule has 0 saturated heterocycles. The summed E-state index contributed by atoms with van der Waals surface area (Å²) in [5, 5.41) is 41.9. The average Bonchev–Trinajstić information content (AvgIpc) is 2.96. The van der Waals surface area contributed by atoms with Crippen molar-refractivity contribution in [1.29, 1.82) is 0 Å². The van der Waals surface area contributed by atoms with Crippen LogP contribution < -0.4 is 5.32 Å². The summed E-state index contributed by atoms with van der Waals surface area (Å²) < 4.78 is 49.1. The molecule has 0 spiro atoms. The molecule has 0 aliphatic heterocycles. The molecule has 11 nitrogen and oxygen atoms in total. The average molecular weight is 596 g/mol. The molecule has 4 aromatic carbocycles. The Morgan fingerprint density at radius 2 is 1.24 bits per heavy atom. The number of nitrogens with zero attached hydrogens (tertiary/aromatic N) is 4. The molecule has 0 saturated carbocycles. The van der Waals surface area contributed by atoms with Crippen molar-refractivity contribution < 1.29 is 27.0 Å². The Balaban J connectivity index is 1.77. The monoisotopic (exact) mass is 595 g/mol. The van der Waals surface area contributed by atoms with Gasteiger partial charge in [-0.05, 0) is 67.1 Å². The van der Waals surface area contributed by atoms with E-state index in [4.69, 9.17) is 0 Å². The van der Waals surface area contributed by atoms with Crippen LogP contribution in [0.4, 0.5) is 28.4 Å². The highest BCUT2D eigenvalue weighted by Crippen LogP contribution is 2.43. The third-order valence-corrected chi connectivity index (χ3v) is 9.99. The summed E-state index contributed by atoms with van der Waals surface area (Å²) in [6.45, 7) is 4.88. The van der Waals surface area contributed by atoms with Crippen LogP contribution >= 0.6 is 0 Å². The van der Waals surface area contributed by atoms with Gasteiger partial charge in [0.25, 0.3) is 0 Å². The Morgan fingerprint density at radius 3 is 1.88 bits per heavy atom. The zero-order chi connectivity index (χ0) is 29.9. The van der Waals surface area contributed by atoms with Crippen LogP contribution in [0.25, 0.3) is 10.8 Å². The second-order valence-electron chi connectivity index (χ2n) is 9.05. The maximum Gasteiger partial charge on any atom is 0.178 e. The maximum atomic E-state index is 12.4. The molecule has 0 amide bonds. The quantitative estimate of drug-likeness (QED) is 0.175. The van der Waals surface area contributed by atoms with Crippen LogP contribution in [0.2, 0.25) is 0 Å². The lowest BCUT2D eigenvalue weighted by molar-refractivity contribution is 0.475. The molecule has 4 rings (SSSR count). The minimum Gasteiger partial charge on any atom is -0.506 e. The first-order valence-corrected chi connectivity index (χ1v) is 15.9. The maximum absolute atomic E-state index is 12.4. The van der Waals surface area contributed by atoms with Gasteiger partial charge < -0.3 is 15.5 Å². The largest absolute Gasteiger partial charge is 0.506 e. The zero-order valence-electron chi connectivity index (χ0n) is 22.8. The van der Waals surface area contributed by atoms with Crippen molar-refractivity contribution >= 4 is 58.9 Å². The van der Waals surface area contributed by atoms with Gasteiger partial charge in [0.1, 0.15) is 22.8 Å². The van der Waals surface area contributed by atoms with E-state index >= 15 is 0 Å². The highest BCUT2D eigenvalue weighted by Gasteiger charge is 2.16. The van der Waals surface area contributed by atoms with Crippen molar-refractivity contribution in [1.82, 2.24) is 0 Å². The first-order chi connectivity index (χ1) is 19.4. The molecule has 0 aliphatic carbocycles. The summed E-state index contributed by atoms with van der Waals surface area (Å²) in [7, 11) is -5.25. The van der Waals surface area contributed by atoms with Crippen LogP contribution in [0.3, 0.4) is 0 Å². The fourth-order valence-corrected chi connectivity index (χ4v) is 5.76. The van der Waals surface area contributed by atoms with Crippen LogP contribution in [0.1, 0.15) is 19.4 Å². The molecule has 41 heavy (non-hydrogen) atoms. The second kappa shape index (κ2) is 11.6. The van der Waals surface area contributed by atoms with Crippen molar-refractivity contribution in [2.24, 2.45) is 20.5 Å². The molecule has 214 valence electrons. The lowest BCUT2D eigenvalue weighted by atomic mass is 10.1. The van der Waals surface area contributed by atoms with Crippen LogP contribution in [0.5, 0.6) is 11.5 Å². The molecule has 0 atom stereocenters. The molecule has 0 fully saturated rings. The predicted octanol–water partition coefficient (Wildman–Crippen LogP) is 7.02. The smallest absolute Gasteiger partial charge is 0.178 e. The molecule has 0 heterocycles. The number of fused-ring (bicyclic) bond motifs is 1. The van der Waals surface area contributed by atoms with Gasteiger partial charge in [-0.3, -0.25) is 0 Å². The fourth-order valence-electron chi connectivity index (χ4n) is 3.96. The lowest BCUT2D eigenvalue weighted by Gasteiger charge is -2.11. The van der Waals surface area contributed by atoms with E-state index in [2.05, 4.69) is 25.8 Å². The number of rotatable bonds is 9. The number of nitrogens with one attached hydrogen (secondary N) is 1. The fraction of sp³-hybridized carbons (Fsp3) is 0.214. The normalized spacial score (nSPS) is 12.5.